The van der Waals surface area contributed by atoms with Gasteiger partial charge in [0.15, 0.2) is 5.75 Å². The smallest absolute Gasteiger partial charge is 0.161 e. The fourth-order valence-electron chi connectivity index (χ4n) is 2.39. The number of ether oxygens (including phenoxy) is 1. The maximum absolute atomic E-state index is 5.51. The number of hydrogen-bond donors (Lipinski definition) is 1. The van der Waals surface area contributed by atoms with Gasteiger partial charge in [-0.1, -0.05) is 6.92 Å². The normalized spacial score (nSPS) is 12.6. The molecule has 0 aliphatic rings. The topological polar surface area (TPSA) is 39.1 Å². The van der Waals surface area contributed by atoms with Crippen LogP contribution in [0.5, 0.6) is 5.75 Å². The molecule has 2 rings (SSSR count). The molecule has 0 saturated carbocycles. The molecule has 0 fully saturated rings. The van der Waals surface area contributed by atoms with E-state index in [0.717, 1.165) is 31.0 Å². The molecule has 0 bridgehead atoms. The highest BCUT2D eigenvalue weighted by molar-refractivity contribution is 7.08. The molecule has 2 aromatic rings. The first-order valence-corrected chi connectivity index (χ1v) is 8.02. The van der Waals surface area contributed by atoms with Gasteiger partial charge in [0.05, 0.1) is 19.3 Å². The van der Waals surface area contributed by atoms with Crippen LogP contribution in [0.3, 0.4) is 0 Å². The summed E-state index contributed by atoms with van der Waals surface area (Å²) in [6.07, 6.45) is 2.91. The Morgan fingerprint density at radius 2 is 2.20 bits per heavy atom. The average molecular weight is 293 g/mol. The molecule has 0 aliphatic heterocycles. The maximum Gasteiger partial charge on any atom is 0.161 e. The monoisotopic (exact) mass is 293 g/mol. The van der Waals surface area contributed by atoms with Crippen molar-refractivity contribution in [1.29, 1.82) is 0 Å². The molecule has 0 saturated heterocycles. The van der Waals surface area contributed by atoms with Crippen molar-refractivity contribution in [2.45, 2.75) is 39.8 Å². The first-order chi connectivity index (χ1) is 9.72. The highest BCUT2D eigenvalue weighted by atomic mass is 32.1. The summed E-state index contributed by atoms with van der Waals surface area (Å²) in [5.41, 5.74) is 3.75. The Morgan fingerprint density at radius 3 is 2.75 bits per heavy atom. The summed E-state index contributed by atoms with van der Waals surface area (Å²) in [7, 11) is 1.71. The van der Waals surface area contributed by atoms with Gasteiger partial charge < -0.3 is 10.1 Å². The molecule has 2 heterocycles. The highest BCUT2D eigenvalue weighted by Gasteiger charge is 2.24. The lowest BCUT2D eigenvalue weighted by atomic mass is 10.0. The SMILES string of the molecule is CCCNC(c1cscc1C)c1c(OC)cnn1CC. The van der Waals surface area contributed by atoms with Crippen molar-refractivity contribution in [2.75, 3.05) is 13.7 Å². The van der Waals surface area contributed by atoms with Gasteiger partial charge in [-0.15, -0.1) is 0 Å². The molecule has 110 valence electrons. The number of rotatable bonds is 7. The molecular weight excluding hydrogens is 270 g/mol. The van der Waals surface area contributed by atoms with Gasteiger partial charge in [-0.2, -0.15) is 16.4 Å². The number of nitrogens with zero attached hydrogens (tertiary/aromatic N) is 2. The van der Waals surface area contributed by atoms with Crippen LogP contribution in [0.2, 0.25) is 0 Å². The van der Waals surface area contributed by atoms with E-state index in [1.807, 2.05) is 4.68 Å². The van der Waals surface area contributed by atoms with Gasteiger partial charge >= 0.3 is 0 Å². The molecule has 0 aliphatic carbocycles. The van der Waals surface area contributed by atoms with Crippen LogP contribution < -0.4 is 10.1 Å². The Labute approximate surface area is 124 Å². The maximum atomic E-state index is 5.51. The first-order valence-electron chi connectivity index (χ1n) is 7.08. The third-order valence-electron chi connectivity index (χ3n) is 3.44. The Morgan fingerprint density at radius 1 is 1.40 bits per heavy atom. The Balaban J connectivity index is 2.46. The van der Waals surface area contributed by atoms with Crippen LogP contribution in [-0.4, -0.2) is 23.4 Å². The molecule has 0 spiro atoms. The second-order valence-corrected chi connectivity index (χ2v) is 5.55. The van der Waals surface area contributed by atoms with E-state index in [4.69, 9.17) is 4.74 Å². The van der Waals surface area contributed by atoms with E-state index < -0.39 is 0 Å². The lowest BCUT2D eigenvalue weighted by Crippen LogP contribution is -2.26. The van der Waals surface area contributed by atoms with Gasteiger partial charge in [0, 0.05) is 6.54 Å². The minimum Gasteiger partial charge on any atom is -0.493 e. The van der Waals surface area contributed by atoms with E-state index in [-0.39, 0.29) is 6.04 Å². The number of aryl methyl sites for hydroxylation is 2. The molecule has 2 aromatic heterocycles. The third-order valence-corrected chi connectivity index (χ3v) is 4.32. The van der Waals surface area contributed by atoms with Crippen LogP contribution in [0.1, 0.15) is 43.1 Å². The van der Waals surface area contributed by atoms with Crippen LogP contribution in [0.15, 0.2) is 17.0 Å². The summed E-state index contributed by atoms with van der Waals surface area (Å²) in [6.45, 7) is 8.25. The van der Waals surface area contributed by atoms with Crippen molar-refractivity contribution < 1.29 is 4.74 Å². The summed E-state index contributed by atoms with van der Waals surface area (Å²) in [6, 6.07) is 0.138. The third kappa shape index (κ3) is 2.88. The van der Waals surface area contributed by atoms with Crippen LogP contribution in [0.4, 0.5) is 0 Å². The predicted molar refractivity (Wildman–Crippen MR) is 83.6 cm³/mol. The van der Waals surface area contributed by atoms with Crippen molar-refractivity contribution in [3.8, 4) is 5.75 Å². The van der Waals surface area contributed by atoms with Gasteiger partial charge in [-0.3, -0.25) is 4.68 Å². The van der Waals surface area contributed by atoms with Crippen molar-refractivity contribution in [2.24, 2.45) is 0 Å². The quantitative estimate of drug-likeness (QED) is 0.850. The zero-order valence-corrected chi connectivity index (χ0v) is 13.5. The molecule has 0 aromatic carbocycles. The van der Waals surface area contributed by atoms with Gasteiger partial charge in [-0.25, -0.2) is 0 Å². The van der Waals surface area contributed by atoms with E-state index >= 15 is 0 Å². The number of nitrogens with one attached hydrogen (secondary N) is 1. The van der Waals surface area contributed by atoms with E-state index in [1.165, 1.54) is 11.1 Å². The molecule has 20 heavy (non-hydrogen) atoms. The van der Waals surface area contributed by atoms with Gasteiger partial charge in [0.1, 0.15) is 5.69 Å². The number of aromatic nitrogens is 2. The van der Waals surface area contributed by atoms with E-state index in [9.17, 15) is 0 Å². The number of methoxy groups -OCH3 is 1. The molecule has 4 nitrogen and oxygen atoms in total. The summed E-state index contributed by atoms with van der Waals surface area (Å²) < 4.78 is 7.52. The lowest BCUT2D eigenvalue weighted by Gasteiger charge is -2.21. The van der Waals surface area contributed by atoms with E-state index in [1.54, 1.807) is 24.6 Å². The number of hydrogen-bond acceptors (Lipinski definition) is 4. The average Bonchev–Trinajstić information content (AvgIpc) is 3.06. The van der Waals surface area contributed by atoms with Crippen molar-refractivity contribution in [3.05, 3.63) is 33.8 Å². The Kier molecular flexibility index (Phi) is 5.20. The second kappa shape index (κ2) is 6.90. The van der Waals surface area contributed by atoms with Gasteiger partial charge in [-0.05, 0) is 48.7 Å². The van der Waals surface area contributed by atoms with Gasteiger partial charge in [0.25, 0.3) is 0 Å². The minimum atomic E-state index is 0.138. The van der Waals surface area contributed by atoms with Crippen molar-refractivity contribution >= 4 is 11.3 Å². The summed E-state index contributed by atoms with van der Waals surface area (Å²) in [5, 5.41) is 12.5. The molecule has 1 unspecified atom stereocenters. The summed E-state index contributed by atoms with van der Waals surface area (Å²) >= 11 is 1.74. The van der Waals surface area contributed by atoms with Crippen LogP contribution in [-0.2, 0) is 6.54 Å². The first kappa shape index (κ1) is 15.1. The fraction of sp³-hybridized carbons (Fsp3) is 0.533. The Bertz CT molecular complexity index is 526. The molecule has 0 amide bonds. The highest BCUT2D eigenvalue weighted by Crippen LogP contribution is 2.33. The van der Waals surface area contributed by atoms with E-state index in [0.29, 0.717) is 0 Å². The van der Waals surface area contributed by atoms with Crippen LogP contribution in [0.25, 0.3) is 0 Å². The lowest BCUT2D eigenvalue weighted by molar-refractivity contribution is 0.398. The van der Waals surface area contributed by atoms with Crippen molar-refractivity contribution in [3.63, 3.8) is 0 Å². The van der Waals surface area contributed by atoms with Crippen LogP contribution >= 0.6 is 11.3 Å². The minimum absolute atomic E-state index is 0.138. The zero-order valence-electron chi connectivity index (χ0n) is 12.6. The summed E-state index contributed by atoms with van der Waals surface area (Å²) in [4.78, 5) is 0. The zero-order chi connectivity index (χ0) is 14.5. The predicted octanol–water partition coefficient (Wildman–Crippen LogP) is 3.37. The summed E-state index contributed by atoms with van der Waals surface area (Å²) in [5.74, 6) is 0.853. The largest absolute Gasteiger partial charge is 0.493 e. The number of thiophene rings is 1. The molecule has 1 N–H and O–H groups in total. The Hall–Kier alpha value is -1.33. The molecule has 1 atom stereocenters. The standard InChI is InChI=1S/C15H23N3OS/c1-5-7-16-14(12-10-20-9-11(12)3)15-13(19-4)8-17-18(15)6-2/h8-10,14,16H,5-7H2,1-4H3. The van der Waals surface area contributed by atoms with E-state index in [2.05, 4.69) is 41.9 Å². The second-order valence-electron chi connectivity index (χ2n) is 4.81. The fourth-order valence-corrected chi connectivity index (χ4v) is 3.26. The molecule has 0 radical (unpaired) electrons. The van der Waals surface area contributed by atoms with Crippen molar-refractivity contribution in [1.82, 2.24) is 15.1 Å². The van der Waals surface area contributed by atoms with Gasteiger partial charge in [0.2, 0.25) is 0 Å². The molecular formula is C15H23N3OS. The van der Waals surface area contributed by atoms with Crippen LogP contribution in [0, 0.1) is 6.92 Å². The molecule has 5 heteroatoms.